The third-order valence-corrected chi connectivity index (χ3v) is 5.49. The van der Waals surface area contributed by atoms with E-state index in [-0.39, 0.29) is 0 Å². The minimum atomic E-state index is 0.546. The summed E-state index contributed by atoms with van der Waals surface area (Å²) in [4.78, 5) is 10.9. The lowest BCUT2D eigenvalue weighted by Crippen LogP contribution is -2.51. The number of piperidine rings is 1. The van der Waals surface area contributed by atoms with Crippen molar-refractivity contribution in [3.05, 3.63) is 47.3 Å². The van der Waals surface area contributed by atoms with Gasteiger partial charge in [0.15, 0.2) is 0 Å². The van der Waals surface area contributed by atoms with E-state index in [4.69, 9.17) is 15.0 Å². The molecular weight excluding hydrogens is 350 g/mol. The standard InChI is InChI=1S/C22H29N5O/c1-3-20-12-19(18-6-10-27(11-7-18)21-15-28-16-21)13-22(26-20)25-9-5-17(14-23)4-8-24-2/h4-5,8,12-13,18,21H,2-3,6-7,9-11,15-16H2,1H3,(H,25,26). The first kappa shape index (κ1) is 20.2. The van der Waals surface area contributed by atoms with Crippen molar-refractivity contribution in [2.75, 3.05) is 38.2 Å². The zero-order valence-corrected chi connectivity index (χ0v) is 16.6. The topological polar surface area (TPSA) is 73.5 Å². The number of nitrogens with one attached hydrogen (secondary N) is 1. The van der Waals surface area contributed by atoms with E-state index in [0.29, 0.717) is 24.1 Å². The average molecular weight is 380 g/mol. The maximum atomic E-state index is 9.14. The number of aliphatic imine (C=N–C) groups is 1. The predicted octanol–water partition coefficient (Wildman–Crippen LogP) is 3.30. The summed E-state index contributed by atoms with van der Waals surface area (Å²) in [6.07, 6.45) is 8.28. The molecule has 2 saturated heterocycles. The fourth-order valence-corrected chi connectivity index (χ4v) is 3.70. The molecule has 0 spiro atoms. The van der Waals surface area contributed by atoms with Gasteiger partial charge in [-0.15, -0.1) is 0 Å². The average Bonchev–Trinajstić information content (AvgIpc) is 2.69. The van der Waals surface area contributed by atoms with Crippen LogP contribution in [-0.4, -0.2) is 55.5 Å². The number of pyridine rings is 1. The molecule has 1 aromatic heterocycles. The van der Waals surface area contributed by atoms with Gasteiger partial charge in [0, 0.05) is 18.4 Å². The second-order valence-electron chi connectivity index (χ2n) is 7.28. The van der Waals surface area contributed by atoms with Crippen molar-refractivity contribution in [3.63, 3.8) is 0 Å². The van der Waals surface area contributed by atoms with Crippen molar-refractivity contribution in [1.82, 2.24) is 9.88 Å². The summed E-state index contributed by atoms with van der Waals surface area (Å²) in [7, 11) is 0. The van der Waals surface area contributed by atoms with Gasteiger partial charge < -0.3 is 10.1 Å². The van der Waals surface area contributed by atoms with Crippen LogP contribution in [0.15, 0.2) is 41.1 Å². The lowest BCUT2D eigenvalue weighted by molar-refractivity contribution is -0.0712. The predicted molar refractivity (Wildman–Crippen MR) is 113 cm³/mol. The van der Waals surface area contributed by atoms with Crippen molar-refractivity contribution < 1.29 is 4.74 Å². The lowest BCUT2D eigenvalue weighted by atomic mass is 9.88. The first-order valence-corrected chi connectivity index (χ1v) is 10.0. The number of rotatable bonds is 8. The molecule has 6 nitrogen and oxygen atoms in total. The number of aromatic nitrogens is 1. The highest BCUT2D eigenvalue weighted by Gasteiger charge is 2.30. The molecule has 2 fully saturated rings. The van der Waals surface area contributed by atoms with Gasteiger partial charge in [-0.3, -0.25) is 9.89 Å². The Kier molecular flexibility index (Phi) is 7.35. The zero-order chi connectivity index (χ0) is 19.8. The number of nitrogens with zero attached hydrogens (tertiary/aromatic N) is 4. The fraction of sp³-hybridized carbons (Fsp3) is 0.500. The van der Waals surface area contributed by atoms with Crippen LogP contribution in [0.4, 0.5) is 5.82 Å². The van der Waals surface area contributed by atoms with Gasteiger partial charge in [-0.2, -0.15) is 5.26 Å². The van der Waals surface area contributed by atoms with Crippen LogP contribution in [0.1, 0.15) is 36.9 Å². The largest absolute Gasteiger partial charge is 0.378 e. The Morgan fingerprint density at radius 1 is 1.43 bits per heavy atom. The van der Waals surface area contributed by atoms with Gasteiger partial charge in [0.05, 0.1) is 30.9 Å². The molecule has 148 valence electrons. The summed E-state index contributed by atoms with van der Waals surface area (Å²) < 4.78 is 5.33. The van der Waals surface area contributed by atoms with E-state index in [0.717, 1.165) is 44.2 Å². The highest BCUT2D eigenvalue weighted by Crippen LogP contribution is 2.31. The first-order chi connectivity index (χ1) is 13.7. The molecule has 0 radical (unpaired) electrons. The first-order valence-electron chi connectivity index (χ1n) is 10.0. The Morgan fingerprint density at radius 3 is 2.82 bits per heavy atom. The summed E-state index contributed by atoms with van der Waals surface area (Å²) in [5.41, 5.74) is 3.04. The maximum Gasteiger partial charge on any atom is 0.126 e. The molecule has 0 saturated carbocycles. The number of allylic oxidation sites excluding steroid dienone is 2. The molecule has 0 aliphatic carbocycles. The SMILES string of the molecule is C=NC=CC(C#N)=CCNc1cc(C2CCN(C3COC3)CC2)cc(CC)n1. The lowest BCUT2D eigenvalue weighted by Gasteiger charge is -2.41. The van der Waals surface area contributed by atoms with E-state index in [9.17, 15) is 0 Å². The van der Waals surface area contributed by atoms with Gasteiger partial charge in [0.1, 0.15) is 5.82 Å². The van der Waals surface area contributed by atoms with E-state index in [1.165, 1.54) is 24.6 Å². The van der Waals surface area contributed by atoms with E-state index < -0.39 is 0 Å². The van der Waals surface area contributed by atoms with Crippen LogP contribution in [0.25, 0.3) is 0 Å². The number of hydrogen-bond acceptors (Lipinski definition) is 6. The van der Waals surface area contributed by atoms with E-state index in [1.54, 1.807) is 6.08 Å². The third-order valence-electron chi connectivity index (χ3n) is 5.49. The van der Waals surface area contributed by atoms with Crippen LogP contribution in [0.2, 0.25) is 0 Å². The summed E-state index contributed by atoms with van der Waals surface area (Å²) in [6, 6.07) is 7.21. The molecule has 1 N–H and O–H groups in total. The molecule has 28 heavy (non-hydrogen) atoms. The van der Waals surface area contributed by atoms with E-state index in [1.807, 2.05) is 6.08 Å². The number of hydrogen-bond donors (Lipinski definition) is 1. The monoisotopic (exact) mass is 379 g/mol. The van der Waals surface area contributed by atoms with Gasteiger partial charge in [-0.05, 0) is 74.8 Å². The van der Waals surface area contributed by atoms with Crippen molar-refractivity contribution in [3.8, 4) is 6.07 Å². The number of nitriles is 1. The van der Waals surface area contributed by atoms with Crippen molar-refractivity contribution >= 4 is 12.5 Å². The van der Waals surface area contributed by atoms with Crippen LogP contribution in [0, 0.1) is 11.3 Å². The number of ether oxygens (including phenoxy) is 1. The van der Waals surface area contributed by atoms with Crippen LogP contribution in [0.5, 0.6) is 0 Å². The number of aryl methyl sites for hydroxylation is 1. The molecule has 0 atom stereocenters. The fourth-order valence-electron chi connectivity index (χ4n) is 3.70. The Balaban J connectivity index is 1.63. The smallest absolute Gasteiger partial charge is 0.126 e. The molecule has 0 bridgehead atoms. The van der Waals surface area contributed by atoms with Gasteiger partial charge >= 0.3 is 0 Å². The highest BCUT2D eigenvalue weighted by atomic mass is 16.5. The summed E-state index contributed by atoms with van der Waals surface area (Å²) in [6.45, 7) is 10.1. The molecule has 2 aliphatic heterocycles. The second-order valence-corrected chi connectivity index (χ2v) is 7.28. The number of anilines is 1. The minimum Gasteiger partial charge on any atom is -0.378 e. The molecule has 0 amide bonds. The molecular formula is C22H29N5O. The van der Waals surface area contributed by atoms with Gasteiger partial charge in [0.2, 0.25) is 0 Å². The van der Waals surface area contributed by atoms with Crippen LogP contribution >= 0.6 is 0 Å². The highest BCUT2D eigenvalue weighted by molar-refractivity contribution is 5.43. The Labute approximate surface area is 167 Å². The number of likely N-dealkylation sites (tertiary alicyclic amines) is 1. The normalized spacial score (nSPS) is 19.4. The molecule has 2 aliphatic rings. The van der Waals surface area contributed by atoms with Gasteiger partial charge in [-0.1, -0.05) is 6.92 Å². The Morgan fingerprint density at radius 2 is 2.21 bits per heavy atom. The van der Waals surface area contributed by atoms with Gasteiger partial charge in [0.25, 0.3) is 0 Å². The van der Waals surface area contributed by atoms with Crippen molar-refractivity contribution in [1.29, 1.82) is 5.26 Å². The zero-order valence-electron chi connectivity index (χ0n) is 16.6. The van der Waals surface area contributed by atoms with Crippen LogP contribution in [0.3, 0.4) is 0 Å². The molecule has 1 aromatic rings. The Bertz CT molecular complexity index is 768. The minimum absolute atomic E-state index is 0.546. The quantitative estimate of drug-likeness (QED) is 0.426. The van der Waals surface area contributed by atoms with Crippen molar-refractivity contribution in [2.24, 2.45) is 4.99 Å². The summed E-state index contributed by atoms with van der Waals surface area (Å²) >= 11 is 0. The van der Waals surface area contributed by atoms with E-state index in [2.05, 4.69) is 47.1 Å². The second kappa shape index (κ2) is 10.2. The Hall–Kier alpha value is -2.49. The van der Waals surface area contributed by atoms with E-state index >= 15 is 0 Å². The summed E-state index contributed by atoms with van der Waals surface area (Å²) in [5.74, 6) is 1.46. The van der Waals surface area contributed by atoms with Crippen LogP contribution in [-0.2, 0) is 11.2 Å². The van der Waals surface area contributed by atoms with Crippen LogP contribution < -0.4 is 5.32 Å². The molecule has 6 heteroatoms. The molecule has 0 unspecified atom stereocenters. The summed E-state index contributed by atoms with van der Waals surface area (Å²) in [5, 5.41) is 12.5. The molecule has 0 aromatic carbocycles. The third kappa shape index (κ3) is 5.28. The molecule has 3 heterocycles. The molecule has 3 rings (SSSR count). The van der Waals surface area contributed by atoms with Gasteiger partial charge in [-0.25, -0.2) is 4.98 Å². The van der Waals surface area contributed by atoms with Crippen molar-refractivity contribution in [2.45, 2.75) is 38.1 Å². The maximum absolute atomic E-state index is 9.14.